The molecule has 1 aromatic rings. The zero-order valence-corrected chi connectivity index (χ0v) is 11.7. The van der Waals surface area contributed by atoms with Crippen LogP contribution in [0.2, 0.25) is 5.02 Å². The number of nitrogens with zero attached hydrogens (tertiary/aromatic N) is 1. The topological polar surface area (TPSA) is 29.3 Å². The molecule has 0 radical (unpaired) electrons. The molecular formula is C13H19ClN2S. The number of halogens is 1. The Bertz CT molecular complexity index is 376. The van der Waals surface area contributed by atoms with E-state index in [0.29, 0.717) is 0 Å². The summed E-state index contributed by atoms with van der Waals surface area (Å²) in [5.74, 6) is 2.38. The molecular weight excluding hydrogens is 252 g/mol. The van der Waals surface area contributed by atoms with Gasteiger partial charge in [0.15, 0.2) is 0 Å². The van der Waals surface area contributed by atoms with Crippen LogP contribution in [-0.2, 0) is 6.42 Å². The Kier molecular flexibility index (Phi) is 4.60. The van der Waals surface area contributed by atoms with Gasteiger partial charge < -0.3 is 10.6 Å². The van der Waals surface area contributed by atoms with Gasteiger partial charge in [0.05, 0.1) is 10.7 Å². The lowest BCUT2D eigenvalue weighted by atomic mass is 10.1. The van der Waals surface area contributed by atoms with Gasteiger partial charge in [-0.2, -0.15) is 11.8 Å². The lowest BCUT2D eigenvalue weighted by molar-refractivity contribution is 0.738. The predicted octanol–water partition coefficient (Wildman–Crippen LogP) is 2.78. The number of hydrogen-bond acceptors (Lipinski definition) is 3. The molecule has 0 spiro atoms. The van der Waals surface area contributed by atoms with Gasteiger partial charge in [-0.25, -0.2) is 0 Å². The van der Waals surface area contributed by atoms with Crippen LogP contribution in [0.4, 0.5) is 5.69 Å². The molecule has 2 rings (SSSR count). The number of rotatable bonds is 3. The summed E-state index contributed by atoms with van der Waals surface area (Å²) in [7, 11) is 0. The van der Waals surface area contributed by atoms with E-state index in [2.05, 4.69) is 23.1 Å². The van der Waals surface area contributed by atoms with Crippen molar-refractivity contribution in [2.45, 2.75) is 19.4 Å². The maximum absolute atomic E-state index is 6.36. The monoisotopic (exact) mass is 270 g/mol. The molecule has 1 unspecified atom stereocenters. The van der Waals surface area contributed by atoms with E-state index >= 15 is 0 Å². The van der Waals surface area contributed by atoms with Crippen molar-refractivity contribution in [1.82, 2.24) is 0 Å². The van der Waals surface area contributed by atoms with Crippen molar-refractivity contribution < 1.29 is 0 Å². The first kappa shape index (κ1) is 13.1. The molecule has 2 N–H and O–H groups in total. The van der Waals surface area contributed by atoms with Crippen molar-refractivity contribution in [3.63, 3.8) is 0 Å². The molecule has 1 aromatic carbocycles. The quantitative estimate of drug-likeness (QED) is 0.916. The molecule has 1 saturated heterocycles. The Hall–Kier alpha value is -0.380. The van der Waals surface area contributed by atoms with Gasteiger partial charge in [0.1, 0.15) is 0 Å². The Morgan fingerprint density at radius 1 is 1.41 bits per heavy atom. The molecule has 1 aliphatic rings. The maximum atomic E-state index is 6.36. The lowest BCUT2D eigenvalue weighted by Gasteiger charge is -2.29. The molecule has 0 aliphatic carbocycles. The summed E-state index contributed by atoms with van der Waals surface area (Å²) < 4.78 is 0. The third-order valence-electron chi connectivity index (χ3n) is 2.92. The van der Waals surface area contributed by atoms with Gasteiger partial charge >= 0.3 is 0 Å². The highest BCUT2D eigenvalue weighted by atomic mass is 35.5. The van der Waals surface area contributed by atoms with Gasteiger partial charge in [0.2, 0.25) is 0 Å². The van der Waals surface area contributed by atoms with Crippen LogP contribution < -0.4 is 10.6 Å². The molecule has 17 heavy (non-hydrogen) atoms. The van der Waals surface area contributed by atoms with Gasteiger partial charge in [-0.3, -0.25) is 0 Å². The average molecular weight is 271 g/mol. The summed E-state index contributed by atoms with van der Waals surface area (Å²) in [6, 6.07) is 6.52. The number of hydrogen-bond donors (Lipinski definition) is 1. The van der Waals surface area contributed by atoms with Crippen LogP contribution >= 0.6 is 23.4 Å². The van der Waals surface area contributed by atoms with Gasteiger partial charge in [-0.1, -0.05) is 17.7 Å². The highest BCUT2D eigenvalue weighted by molar-refractivity contribution is 7.99. The summed E-state index contributed by atoms with van der Waals surface area (Å²) in [5, 5.41) is 0.857. The zero-order valence-electron chi connectivity index (χ0n) is 10.2. The van der Waals surface area contributed by atoms with E-state index in [1.165, 1.54) is 22.8 Å². The lowest BCUT2D eigenvalue weighted by Crippen LogP contribution is -2.32. The van der Waals surface area contributed by atoms with E-state index in [-0.39, 0.29) is 6.04 Å². The van der Waals surface area contributed by atoms with E-state index in [4.69, 9.17) is 17.3 Å². The molecule has 1 fully saturated rings. The van der Waals surface area contributed by atoms with Gasteiger partial charge in [-0.15, -0.1) is 0 Å². The van der Waals surface area contributed by atoms with Crippen LogP contribution in [0.25, 0.3) is 0 Å². The van der Waals surface area contributed by atoms with Crippen molar-refractivity contribution in [3.8, 4) is 0 Å². The number of nitrogens with two attached hydrogens (primary N) is 1. The van der Waals surface area contributed by atoms with Crippen molar-refractivity contribution in [3.05, 3.63) is 28.8 Å². The molecule has 0 amide bonds. The first-order valence-corrected chi connectivity index (χ1v) is 7.57. The van der Waals surface area contributed by atoms with Crippen molar-refractivity contribution >= 4 is 29.1 Å². The van der Waals surface area contributed by atoms with Crippen LogP contribution in [0, 0.1) is 0 Å². The molecule has 1 atom stereocenters. The Labute approximate surface area is 113 Å². The minimum atomic E-state index is 0.184. The van der Waals surface area contributed by atoms with Gasteiger partial charge in [0.25, 0.3) is 0 Å². The molecule has 94 valence electrons. The number of thioether (sulfide) groups is 1. The van der Waals surface area contributed by atoms with Gasteiger partial charge in [-0.05, 0) is 31.0 Å². The van der Waals surface area contributed by atoms with Crippen molar-refractivity contribution in [1.29, 1.82) is 0 Å². The summed E-state index contributed by atoms with van der Waals surface area (Å²) in [6.45, 7) is 4.21. The zero-order chi connectivity index (χ0) is 12.3. The fourth-order valence-corrected chi connectivity index (χ4v) is 3.34. The maximum Gasteiger partial charge on any atom is 0.0642 e. The summed E-state index contributed by atoms with van der Waals surface area (Å²) in [4.78, 5) is 2.37. The summed E-state index contributed by atoms with van der Waals surface area (Å²) in [5.41, 5.74) is 8.19. The Morgan fingerprint density at radius 2 is 2.12 bits per heavy atom. The standard InChI is InChI=1S/C13H19ClN2S/c1-10(15)8-11-2-3-13(12(14)9-11)16-4-6-17-7-5-16/h2-3,9-10H,4-8,15H2,1H3. The fourth-order valence-electron chi connectivity index (χ4n) is 2.11. The second kappa shape index (κ2) is 5.98. The molecule has 2 nitrogen and oxygen atoms in total. The first-order chi connectivity index (χ1) is 8.16. The van der Waals surface area contributed by atoms with Crippen LogP contribution in [-0.4, -0.2) is 30.6 Å². The second-order valence-corrected chi connectivity index (χ2v) is 6.20. The number of benzene rings is 1. The van der Waals surface area contributed by atoms with E-state index in [9.17, 15) is 0 Å². The van der Waals surface area contributed by atoms with Crippen LogP contribution in [0.5, 0.6) is 0 Å². The van der Waals surface area contributed by atoms with Crippen molar-refractivity contribution in [2.75, 3.05) is 29.5 Å². The molecule has 1 heterocycles. The summed E-state index contributed by atoms with van der Waals surface area (Å²) in [6.07, 6.45) is 0.885. The predicted molar refractivity (Wildman–Crippen MR) is 78.3 cm³/mol. The van der Waals surface area contributed by atoms with E-state index < -0.39 is 0 Å². The fraction of sp³-hybridized carbons (Fsp3) is 0.538. The van der Waals surface area contributed by atoms with E-state index in [1.807, 2.05) is 18.7 Å². The molecule has 1 aliphatic heterocycles. The molecule has 0 bridgehead atoms. The third-order valence-corrected chi connectivity index (χ3v) is 4.17. The SMILES string of the molecule is CC(N)Cc1ccc(N2CCSCC2)c(Cl)c1. The average Bonchev–Trinajstić information content (AvgIpc) is 2.29. The van der Waals surface area contributed by atoms with E-state index in [0.717, 1.165) is 24.5 Å². The largest absolute Gasteiger partial charge is 0.369 e. The smallest absolute Gasteiger partial charge is 0.0642 e. The normalized spacial score (nSPS) is 18.2. The highest BCUT2D eigenvalue weighted by Gasteiger charge is 2.14. The minimum Gasteiger partial charge on any atom is -0.369 e. The first-order valence-electron chi connectivity index (χ1n) is 6.03. The van der Waals surface area contributed by atoms with E-state index in [1.54, 1.807) is 0 Å². The Balaban J connectivity index is 2.13. The third kappa shape index (κ3) is 3.54. The molecule has 0 aromatic heterocycles. The van der Waals surface area contributed by atoms with Gasteiger partial charge in [0, 0.05) is 30.6 Å². The van der Waals surface area contributed by atoms with Crippen molar-refractivity contribution in [2.24, 2.45) is 5.73 Å². The van der Waals surface area contributed by atoms with Crippen LogP contribution in [0.3, 0.4) is 0 Å². The molecule has 4 heteroatoms. The number of anilines is 1. The molecule has 0 saturated carbocycles. The van der Waals surface area contributed by atoms with Crippen LogP contribution in [0.15, 0.2) is 18.2 Å². The second-order valence-electron chi connectivity index (χ2n) is 4.57. The minimum absolute atomic E-state index is 0.184. The summed E-state index contributed by atoms with van der Waals surface area (Å²) >= 11 is 8.37. The van der Waals surface area contributed by atoms with Crippen LogP contribution in [0.1, 0.15) is 12.5 Å². The Morgan fingerprint density at radius 3 is 2.71 bits per heavy atom. The highest BCUT2D eigenvalue weighted by Crippen LogP contribution is 2.29.